The van der Waals surface area contributed by atoms with Gasteiger partial charge in [-0.15, -0.1) is 0 Å². The lowest BCUT2D eigenvalue weighted by Crippen LogP contribution is -2.26. The number of para-hydroxylation sites is 1. The monoisotopic (exact) mass is 209 g/mol. The number of rotatable bonds is 6. The van der Waals surface area contributed by atoms with Crippen molar-refractivity contribution < 1.29 is 9.94 Å². The Bertz CT molecular complexity index is 262. The smallest absolute Gasteiger partial charge is 0.0720 e. The maximum atomic E-state index is 9.23. The second-order valence-corrected chi connectivity index (χ2v) is 3.49. The first kappa shape index (κ1) is 12.0. The van der Waals surface area contributed by atoms with Crippen LogP contribution in [0.15, 0.2) is 30.3 Å². The zero-order valence-electron chi connectivity index (χ0n) is 9.39. The topological polar surface area (TPSA) is 32.7 Å². The van der Waals surface area contributed by atoms with Gasteiger partial charge in [0, 0.05) is 6.54 Å². The minimum Gasteiger partial charge on any atom is -0.393 e. The summed E-state index contributed by atoms with van der Waals surface area (Å²) in [6, 6.07) is 9.92. The van der Waals surface area contributed by atoms with Crippen LogP contribution in [-0.4, -0.2) is 24.4 Å². The minimum absolute atomic E-state index is 0.295. The van der Waals surface area contributed by atoms with Gasteiger partial charge in [-0.05, 0) is 32.4 Å². The van der Waals surface area contributed by atoms with Crippen molar-refractivity contribution in [3.05, 3.63) is 30.3 Å². The largest absolute Gasteiger partial charge is 0.393 e. The third-order valence-electron chi connectivity index (χ3n) is 2.08. The maximum absolute atomic E-state index is 9.23. The predicted molar refractivity (Wildman–Crippen MR) is 61.7 cm³/mol. The molecule has 1 unspecified atom stereocenters. The third kappa shape index (κ3) is 4.32. The molecule has 15 heavy (non-hydrogen) atoms. The molecular formula is C12H19NO2. The van der Waals surface area contributed by atoms with Crippen molar-refractivity contribution >= 4 is 5.69 Å². The van der Waals surface area contributed by atoms with Gasteiger partial charge in [0.05, 0.1) is 18.4 Å². The van der Waals surface area contributed by atoms with Crippen molar-refractivity contribution in [2.24, 2.45) is 0 Å². The van der Waals surface area contributed by atoms with Gasteiger partial charge < -0.3 is 5.11 Å². The Morgan fingerprint density at radius 3 is 2.53 bits per heavy atom. The van der Waals surface area contributed by atoms with E-state index < -0.39 is 0 Å². The highest BCUT2D eigenvalue weighted by molar-refractivity contribution is 5.43. The lowest BCUT2D eigenvalue weighted by Gasteiger charge is -2.23. The average molecular weight is 209 g/mol. The van der Waals surface area contributed by atoms with Gasteiger partial charge in [0.1, 0.15) is 0 Å². The number of benzene rings is 1. The number of nitrogens with zero attached hydrogens (tertiary/aromatic N) is 1. The van der Waals surface area contributed by atoms with E-state index in [4.69, 9.17) is 4.84 Å². The van der Waals surface area contributed by atoms with Gasteiger partial charge in [-0.25, -0.2) is 0 Å². The summed E-state index contributed by atoms with van der Waals surface area (Å²) in [6.07, 6.45) is 0.409. The zero-order chi connectivity index (χ0) is 11.1. The highest BCUT2D eigenvalue weighted by atomic mass is 16.7. The number of hydrogen-bond donors (Lipinski definition) is 1. The molecule has 1 rings (SSSR count). The van der Waals surface area contributed by atoms with E-state index in [9.17, 15) is 5.11 Å². The van der Waals surface area contributed by atoms with Crippen molar-refractivity contribution in [2.45, 2.75) is 26.4 Å². The summed E-state index contributed by atoms with van der Waals surface area (Å²) in [4.78, 5) is 5.50. The molecule has 0 saturated heterocycles. The molecule has 0 aliphatic rings. The van der Waals surface area contributed by atoms with E-state index in [0.717, 1.165) is 5.69 Å². The highest BCUT2D eigenvalue weighted by Crippen LogP contribution is 2.14. The number of aliphatic hydroxyl groups excluding tert-OH is 1. The number of hydroxylamine groups is 1. The Labute approximate surface area is 91.2 Å². The summed E-state index contributed by atoms with van der Waals surface area (Å²) in [7, 11) is 0. The Morgan fingerprint density at radius 2 is 2.00 bits per heavy atom. The predicted octanol–water partition coefficient (Wildman–Crippen LogP) is 2.22. The minimum atomic E-state index is -0.295. The van der Waals surface area contributed by atoms with E-state index >= 15 is 0 Å². The first-order valence-electron chi connectivity index (χ1n) is 5.37. The molecule has 0 aliphatic carbocycles. The zero-order valence-corrected chi connectivity index (χ0v) is 9.39. The van der Waals surface area contributed by atoms with Gasteiger partial charge in [-0.1, -0.05) is 18.2 Å². The molecule has 0 spiro atoms. The lowest BCUT2D eigenvalue weighted by molar-refractivity contribution is 0.105. The molecule has 1 N–H and O–H groups in total. The third-order valence-corrected chi connectivity index (χ3v) is 2.08. The summed E-state index contributed by atoms with van der Waals surface area (Å²) in [6.45, 7) is 5.08. The van der Waals surface area contributed by atoms with Gasteiger partial charge in [0.2, 0.25) is 0 Å². The van der Waals surface area contributed by atoms with Gasteiger partial charge in [-0.3, -0.25) is 9.90 Å². The van der Waals surface area contributed by atoms with Crippen LogP contribution in [0.3, 0.4) is 0 Å². The molecule has 0 aliphatic heterocycles. The molecule has 0 radical (unpaired) electrons. The molecule has 1 aromatic rings. The normalized spacial score (nSPS) is 12.5. The van der Waals surface area contributed by atoms with E-state index in [1.165, 1.54) is 0 Å². The molecule has 1 aromatic carbocycles. The van der Waals surface area contributed by atoms with Gasteiger partial charge in [0.25, 0.3) is 0 Å². The van der Waals surface area contributed by atoms with E-state index in [0.29, 0.717) is 19.6 Å². The highest BCUT2D eigenvalue weighted by Gasteiger charge is 2.07. The molecule has 3 heteroatoms. The molecule has 84 valence electrons. The van der Waals surface area contributed by atoms with E-state index in [1.54, 1.807) is 6.92 Å². The van der Waals surface area contributed by atoms with Crippen LogP contribution in [0.1, 0.15) is 20.3 Å². The van der Waals surface area contributed by atoms with Crippen LogP contribution < -0.4 is 5.06 Å². The quantitative estimate of drug-likeness (QED) is 0.729. The first-order valence-corrected chi connectivity index (χ1v) is 5.37. The maximum Gasteiger partial charge on any atom is 0.0720 e. The molecular weight excluding hydrogens is 190 g/mol. The van der Waals surface area contributed by atoms with Crippen LogP contribution in [0.4, 0.5) is 5.69 Å². The van der Waals surface area contributed by atoms with Gasteiger partial charge in [-0.2, -0.15) is 0 Å². The standard InChI is InChI=1S/C12H19NO2/c1-3-15-13(10-9-11(2)14)12-7-5-4-6-8-12/h4-8,11,14H,3,9-10H2,1-2H3. The fraction of sp³-hybridized carbons (Fsp3) is 0.500. The van der Waals surface area contributed by atoms with Crippen LogP contribution in [0.2, 0.25) is 0 Å². The van der Waals surface area contributed by atoms with Crippen molar-refractivity contribution in [1.82, 2.24) is 0 Å². The summed E-state index contributed by atoms with van der Waals surface area (Å²) < 4.78 is 0. The Morgan fingerprint density at radius 1 is 1.33 bits per heavy atom. The molecule has 1 atom stereocenters. The molecule has 0 fully saturated rings. The fourth-order valence-electron chi connectivity index (χ4n) is 1.32. The second kappa shape index (κ2) is 6.43. The summed E-state index contributed by atoms with van der Waals surface area (Å²) in [5, 5.41) is 11.1. The van der Waals surface area contributed by atoms with Crippen LogP contribution in [0.5, 0.6) is 0 Å². The van der Waals surface area contributed by atoms with E-state index in [2.05, 4.69) is 0 Å². The van der Waals surface area contributed by atoms with Crippen LogP contribution in [0, 0.1) is 0 Å². The summed E-state index contributed by atoms with van der Waals surface area (Å²) in [5.41, 5.74) is 1.03. The lowest BCUT2D eigenvalue weighted by atomic mass is 10.2. The van der Waals surface area contributed by atoms with Gasteiger partial charge in [0.15, 0.2) is 0 Å². The van der Waals surface area contributed by atoms with Crippen molar-refractivity contribution in [3.63, 3.8) is 0 Å². The molecule has 3 nitrogen and oxygen atoms in total. The molecule has 0 aromatic heterocycles. The van der Waals surface area contributed by atoms with Crippen LogP contribution >= 0.6 is 0 Å². The molecule has 0 heterocycles. The van der Waals surface area contributed by atoms with Crippen LogP contribution in [-0.2, 0) is 4.84 Å². The number of anilines is 1. The molecule has 0 amide bonds. The van der Waals surface area contributed by atoms with Crippen molar-refractivity contribution in [1.29, 1.82) is 0 Å². The van der Waals surface area contributed by atoms with E-state index in [-0.39, 0.29) is 6.10 Å². The summed E-state index contributed by atoms with van der Waals surface area (Å²) >= 11 is 0. The van der Waals surface area contributed by atoms with Crippen molar-refractivity contribution in [2.75, 3.05) is 18.2 Å². The van der Waals surface area contributed by atoms with Crippen LogP contribution in [0.25, 0.3) is 0 Å². The Kier molecular flexibility index (Phi) is 5.15. The molecule has 0 saturated carbocycles. The SMILES string of the molecule is CCON(CCC(C)O)c1ccccc1. The number of hydrogen-bond acceptors (Lipinski definition) is 3. The summed E-state index contributed by atoms with van der Waals surface area (Å²) in [5.74, 6) is 0. The number of aliphatic hydroxyl groups is 1. The first-order chi connectivity index (χ1) is 7.24. The Balaban J connectivity index is 2.57. The Hall–Kier alpha value is -1.06. The van der Waals surface area contributed by atoms with Crippen molar-refractivity contribution in [3.8, 4) is 0 Å². The fourth-order valence-corrected chi connectivity index (χ4v) is 1.32. The van der Waals surface area contributed by atoms with E-state index in [1.807, 2.05) is 42.3 Å². The van der Waals surface area contributed by atoms with Gasteiger partial charge >= 0.3 is 0 Å². The second-order valence-electron chi connectivity index (χ2n) is 3.49. The average Bonchev–Trinajstić information content (AvgIpc) is 2.25. The molecule has 0 bridgehead atoms.